The Kier molecular flexibility index (Phi) is 33.5. The molecule has 33 heteroatoms. The van der Waals surface area contributed by atoms with Crippen LogP contribution in [-0.4, -0.2) is 129 Å². The van der Waals surface area contributed by atoms with Crippen LogP contribution in [-0.2, 0) is 40.5 Å². The van der Waals surface area contributed by atoms with Gasteiger partial charge >= 0.3 is 5.97 Å². The zero-order chi connectivity index (χ0) is 102. The lowest BCUT2D eigenvalue weighted by molar-refractivity contribution is -0.149. The largest absolute Gasteiger partial charge is 0.466 e. The molecule has 5 heterocycles. The SMILES string of the molecule is CCOC(=O)C1CCCC(n2nc(-c3ccc(CNC(=O)c4ccccc4C)cc3)c(C(N)=O)c2N)C1.Cc1ccccc1C(=O)NCc1ccc(-c2nn(-c3ccncc3)c(N)c2C(N)=O)cc1.Cc1ccccc1C(=O)NCc1ccc(-c2nn(C3CCC(C(=O)N(C)C)CC3)c(N)c2C(N)=O)cc1.Cc1ccccc1C(=O)NCc1ccc(-c2nn(C3CCCC3)c(Nc3ccccc3)c2C(N)=O)cc1. The first-order chi connectivity index (χ1) is 68.9. The molecule has 0 radical (unpaired) electrons. The van der Waals surface area contributed by atoms with Crippen LogP contribution >= 0.6 is 0 Å². The number of nitrogens with two attached hydrogens (primary N) is 7. The molecule has 9 aromatic carbocycles. The van der Waals surface area contributed by atoms with Crippen LogP contribution in [0.2, 0.25) is 0 Å². The van der Waals surface area contributed by atoms with E-state index in [2.05, 4.69) is 41.8 Å². The standard InChI is InChI=1S/C30H31N5O2.C28H34N6O3.C28H33N5O4.C24H22N6O2/c1-20-9-5-8-14-25(20)30(37)32-19-21-15-17-22(18-16-21)27-26(28(31)36)29(33-23-10-3-2-4-11-23)35(34-27)24-12-6-7-13-24;1-17-6-4-5-7-22(17)27(36)31-16-18-8-10-19(11-9-18)24-23(26(30)35)25(29)34(32-24)21-14-12-20(13-15-21)28(37)33(2)3;1-3-37-28(36)20-8-6-9-21(15-20)33-25(29)23(26(30)34)24(32-33)19-13-11-18(12-14-19)16-31-27(35)22-10-5-4-7-17(22)2;1-15-4-2-3-5-19(15)24(32)28-14-16-6-8-17(9-7-16)21-20(23(26)31)22(25)30(29-21)18-10-12-27-13-11-18/h2-5,8-11,14-18,24,33H,6-7,12-13,19H2,1H3,(H2,31,36)(H,32,37);4-11,20-21H,12-16,29H2,1-3H3,(H2,30,35)(H,31,36);4-5,7,10-14,20-21H,3,6,8-9,15-16,29H2,1-2H3,(H2,30,34)(H,31,35);2-13H,14,25H2,1H3,(H2,26,31)(H,28,32). The summed E-state index contributed by atoms with van der Waals surface area (Å²) in [5.41, 5.74) is 58.9. The summed E-state index contributed by atoms with van der Waals surface area (Å²) in [5, 5.41) is 34.0. The molecule has 0 bridgehead atoms. The van der Waals surface area contributed by atoms with E-state index < -0.39 is 23.6 Å². The number of nitrogens with one attached hydrogen (secondary N) is 5. The van der Waals surface area contributed by atoms with Crippen LogP contribution < -0.4 is 66.7 Å². The summed E-state index contributed by atoms with van der Waals surface area (Å²) in [6, 6.07) is 73.0. The molecule has 143 heavy (non-hydrogen) atoms. The predicted octanol–water partition coefficient (Wildman–Crippen LogP) is 15.7. The first-order valence-corrected chi connectivity index (χ1v) is 47.7. The molecule has 2 atom stereocenters. The van der Waals surface area contributed by atoms with Gasteiger partial charge in [-0.1, -0.05) is 207 Å². The Hall–Kier alpha value is -17.1. The van der Waals surface area contributed by atoms with Gasteiger partial charge in [0.2, 0.25) is 5.91 Å². The second kappa shape index (κ2) is 47.0. The molecular formula is C110H120N22O11. The number of carbonyl (C=O) groups is 10. The third-order valence-corrected chi connectivity index (χ3v) is 26.1. The molecule has 33 nitrogen and oxygen atoms in total. The molecule has 0 saturated heterocycles. The van der Waals surface area contributed by atoms with Crippen molar-refractivity contribution in [3.05, 3.63) is 338 Å². The minimum Gasteiger partial charge on any atom is -0.466 e. The highest BCUT2D eigenvalue weighted by Crippen LogP contribution is 2.43. The number of primary amides is 4. The summed E-state index contributed by atoms with van der Waals surface area (Å²) in [4.78, 5) is 130. The van der Waals surface area contributed by atoms with E-state index >= 15 is 0 Å². The van der Waals surface area contributed by atoms with Crippen molar-refractivity contribution in [1.29, 1.82) is 0 Å². The van der Waals surface area contributed by atoms with Crippen molar-refractivity contribution in [2.45, 2.75) is 156 Å². The van der Waals surface area contributed by atoms with Gasteiger partial charge in [-0.3, -0.25) is 52.9 Å². The smallest absolute Gasteiger partial charge is 0.308 e. The molecule has 736 valence electrons. The Morgan fingerprint density at radius 2 is 0.699 bits per heavy atom. The lowest BCUT2D eigenvalue weighted by Crippen LogP contribution is -2.33. The zero-order valence-electron chi connectivity index (χ0n) is 81.1. The fourth-order valence-electron chi connectivity index (χ4n) is 18.3. The third kappa shape index (κ3) is 24.6. The van der Waals surface area contributed by atoms with Crippen molar-refractivity contribution >= 4 is 88.1 Å². The Morgan fingerprint density at radius 1 is 0.364 bits per heavy atom. The Labute approximate surface area is 829 Å². The van der Waals surface area contributed by atoms with Crippen molar-refractivity contribution in [1.82, 2.24) is 70.3 Å². The summed E-state index contributed by atoms with van der Waals surface area (Å²) in [5.74, 6) is -2.04. The van der Waals surface area contributed by atoms with Crippen molar-refractivity contribution in [2.75, 3.05) is 43.2 Å². The highest BCUT2D eigenvalue weighted by atomic mass is 16.5. The van der Waals surface area contributed by atoms with Crippen LogP contribution in [0.5, 0.6) is 0 Å². The van der Waals surface area contributed by atoms with Gasteiger partial charge in [0.1, 0.15) is 68.3 Å². The number of amides is 9. The lowest BCUT2D eigenvalue weighted by atomic mass is 9.85. The molecule has 0 aliphatic heterocycles. The number of para-hydroxylation sites is 1. The van der Waals surface area contributed by atoms with E-state index in [0.29, 0.717) is 118 Å². The maximum atomic E-state index is 12.7. The summed E-state index contributed by atoms with van der Waals surface area (Å²) in [7, 11) is 3.55. The number of nitrogen functional groups attached to an aromatic ring is 3. The van der Waals surface area contributed by atoms with Gasteiger partial charge in [0, 0.05) is 109 Å². The summed E-state index contributed by atoms with van der Waals surface area (Å²) < 4.78 is 12.0. The molecule has 5 aromatic heterocycles. The van der Waals surface area contributed by atoms with Crippen LogP contribution in [0, 0.1) is 39.5 Å². The van der Waals surface area contributed by atoms with Crippen LogP contribution in [0.4, 0.5) is 29.0 Å². The fourth-order valence-corrected chi connectivity index (χ4v) is 18.3. The lowest BCUT2D eigenvalue weighted by Gasteiger charge is -2.30. The number of benzene rings is 9. The predicted molar refractivity (Wildman–Crippen MR) is 551 cm³/mol. The first kappa shape index (κ1) is 102. The van der Waals surface area contributed by atoms with Crippen LogP contribution in [0.15, 0.2) is 249 Å². The van der Waals surface area contributed by atoms with Crippen molar-refractivity contribution in [3.8, 4) is 50.7 Å². The number of hydrogen-bond acceptors (Lipinski definition) is 20. The molecule has 0 spiro atoms. The van der Waals surface area contributed by atoms with Crippen molar-refractivity contribution in [2.24, 2.45) is 34.8 Å². The number of rotatable bonds is 29. The first-order valence-electron chi connectivity index (χ1n) is 47.7. The molecule has 3 fully saturated rings. The minimum absolute atomic E-state index is 0.00282. The van der Waals surface area contributed by atoms with E-state index in [-0.39, 0.29) is 99.6 Å². The van der Waals surface area contributed by atoms with Gasteiger partial charge in [0.05, 0.1) is 36.3 Å². The molecule has 2 unspecified atom stereocenters. The van der Waals surface area contributed by atoms with E-state index in [9.17, 15) is 47.9 Å². The van der Waals surface area contributed by atoms with Gasteiger partial charge in [-0.15, -0.1) is 0 Å². The highest BCUT2D eigenvalue weighted by molar-refractivity contribution is 6.07. The van der Waals surface area contributed by atoms with Gasteiger partial charge in [0.15, 0.2) is 0 Å². The van der Waals surface area contributed by atoms with E-state index in [1.807, 2.05) is 239 Å². The number of aryl methyl sites for hydroxylation is 4. The highest BCUT2D eigenvalue weighted by Gasteiger charge is 2.36. The number of nitrogens with zero attached hydrogens (tertiary/aromatic N) is 10. The Morgan fingerprint density at radius 3 is 1.07 bits per heavy atom. The average Bonchev–Trinajstić information content (AvgIpc) is 1.60. The monoisotopic (exact) mass is 1920 g/mol. The van der Waals surface area contributed by atoms with E-state index in [4.69, 9.17) is 55.1 Å². The number of aromatic nitrogens is 9. The van der Waals surface area contributed by atoms with Gasteiger partial charge in [-0.25, -0.2) is 18.7 Å². The number of carbonyl (C=O) groups excluding carboxylic acids is 10. The van der Waals surface area contributed by atoms with Gasteiger partial charge < -0.3 is 76.4 Å². The number of esters is 1. The topological polar surface area (TPSA) is 510 Å². The van der Waals surface area contributed by atoms with Gasteiger partial charge in [-0.05, 0) is 185 Å². The molecule has 3 saturated carbocycles. The maximum absolute atomic E-state index is 12.7. The van der Waals surface area contributed by atoms with Crippen molar-refractivity contribution in [3.63, 3.8) is 0 Å². The van der Waals surface area contributed by atoms with Crippen LogP contribution in [0.25, 0.3) is 50.7 Å². The molecule has 17 rings (SSSR count). The van der Waals surface area contributed by atoms with Crippen LogP contribution in [0.3, 0.4) is 0 Å². The Bertz CT molecular complexity index is 6940. The number of hydrogen-bond donors (Lipinski definition) is 12. The van der Waals surface area contributed by atoms with Gasteiger partial charge in [0.25, 0.3) is 47.3 Å². The van der Waals surface area contributed by atoms with Crippen molar-refractivity contribution < 1.29 is 52.7 Å². The third-order valence-electron chi connectivity index (χ3n) is 26.1. The molecule has 19 N–H and O–H groups in total. The normalized spacial score (nSPS) is 14.8. The number of ether oxygens (including phenoxy) is 1. The molecule has 9 amide bonds. The molecule has 3 aliphatic carbocycles. The van der Waals surface area contributed by atoms with E-state index in [1.165, 1.54) is 4.68 Å². The molecule has 14 aromatic rings. The number of pyridine rings is 1. The average molecular weight is 1930 g/mol. The van der Waals surface area contributed by atoms with Crippen LogP contribution in [0.1, 0.15) is 229 Å². The summed E-state index contributed by atoms with van der Waals surface area (Å²) in [6.07, 6.45) is 13.4. The summed E-state index contributed by atoms with van der Waals surface area (Å²) >= 11 is 0. The van der Waals surface area contributed by atoms with E-state index in [0.717, 1.165) is 126 Å². The second-order valence-corrected chi connectivity index (χ2v) is 36.0. The zero-order valence-corrected chi connectivity index (χ0v) is 81.1. The molecular weight excluding hydrogens is 1810 g/mol. The fraction of sp³-hybridized carbons (Fsp3) is 0.264. The minimum atomic E-state index is -0.661. The Balaban J connectivity index is 0.000000152. The summed E-state index contributed by atoms with van der Waals surface area (Å²) in [6.45, 7) is 11.2. The maximum Gasteiger partial charge on any atom is 0.308 e. The second-order valence-electron chi connectivity index (χ2n) is 36.0. The van der Waals surface area contributed by atoms with Gasteiger partial charge in [-0.2, -0.15) is 20.4 Å². The number of anilines is 5. The quantitative estimate of drug-likeness (QED) is 0.0194. The van der Waals surface area contributed by atoms with E-state index in [1.54, 1.807) is 78.0 Å². The molecule has 3 aliphatic rings.